The zero-order valence-electron chi connectivity index (χ0n) is 17.3. The first-order valence-corrected chi connectivity index (χ1v) is 12.0. The molecule has 2 N–H and O–H groups in total. The molecular formula is C21H24N4O4S2. The van der Waals surface area contributed by atoms with Crippen molar-refractivity contribution in [3.8, 4) is 0 Å². The molecule has 164 valence electrons. The van der Waals surface area contributed by atoms with Gasteiger partial charge in [0.1, 0.15) is 0 Å². The topological polar surface area (TPSA) is 108 Å². The Morgan fingerprint density at radius 1 is 1.03 bits per heavy atom. The number of rotatable bonds is 8. The van der Waals surface area contributed by atoms with E-state index in [0.29, 0.717) is 6.42 Å². The van der Waals surface area contributed by atoms with E-state index in [2.05, 4.69) is 15.8 Å². The highest BCUT2D eigenvalue weighted by Crippen LogP contribution is 2.22. The molecule has 2 amide bonds. The predicted molar refractivity (Wildman–Crippen MR) is 120 cm³/mol. The second kappa shape index (κ2) is 9.99. The Balaban J connectivity index is 1.43. The van der Waals surface area contributed by atoms with Crippen molar-refractivity contribution in [2.75, 3.05) is 14.1 Å². The van der Waals surface area contributed by atoms with Gasteiger partial charge in [-0.25, -0.2) is 17.7 Å². The molecule has 0 fully saturated rings. The summed E-state index contributed by atoms with van der Waals surface area (Å²) in [4.78, 5) is 28.8. The van der Waals surface area contributed by atoms with E-state index in [0.717, 1.165) is 32.4 Å². The monoisotopic (exact) mass is 460 g/mol. The zero-order chi connectivity index (χ0) is 22.4. The van der Waals surface area contributed by atoms with Gasteiger partial charge in [0, 0.05) is 26.1 Å². The van der Waals surface area contributed by atoms with Gasteiger partial charge < -0.3 is 0 Å². The van der Waals surface area contributed by atoms with Gasteiger partial charge in [0.25, 0.3) is 5.91 Å². The van der Waals surface area contributed by atoms with Gasteiger partial charge in [-0.3, -0.25) is 20.4 Å². The average molecular weight is 461 g/mol. The number of carbonyl (C=O) groups is 2. The molecule has 1 heterocycles. The van der Waals surface area contributed by atoms with Gasteiger partial charge in [0.05, 0.1) is 20.1 Å². The van der Waals surface area contributed by atoms with E-state index in [4.69, 9.17) is 0 Å². The quantitative estimate of drug-likeness (QED) is 0.397. The lowest BCUT2D eigenvalue weighted by Gasteiger charge is -2.12. The minimum Gasteiger partial charge on any atom is -0.273 e. The van der Waals surface area contributed by atoms with Crippen molar-refractivity contribution < 1.29 is 18.0 Å². The lowest BCUT2D eigenvalue weighted by molar-refractivity contribution is -0.121. The Kier molecular flexibility index (Phi) is 7.37. The second-order valence-corrected chi connectivity index (χ2v) is 10.4. The SMILES string of the molecule is CN(C)S(=O)(=O)c1cccc(C(=O)NNC(=O)CCCCc2nc3ccccc3s2)c1. The average Bonchev–Trinajstić information content (AvgIpc) is 3.18. The van der Waals surface area contributed by atoms with Crippen LogP contribution in [0.1, 0.15) is 34.6 Å². The van der Waals surface area contributed by atoms with E-state index in [9.17, 15) is 18.0 Å². The molecule has 1 aromatic heterocycles. The summed E-state index contributed by atoms with van der Waals surface area (Å²) in [6, 6.07) is 13.6. The van der Waals surface area contributed by atoms with Crippen LogP contribution in [0, 0.1) is 0 Å². The smallest absolute Gasteiger partial charge is 0.269 e. The number of nitrogens with one attached hydrogen (secondary N) is 2. The molecule has 0 spiro atoms. The van der Waals surface area contributed by atoms with E-state index >= 15 is 0 Å². The fraction of sp³-hybridized carbons (Fsp3) is 0.286. The number of benzene rings is 2. The fourth-order valence-electron chi connectivity index (χ4n) is 2.86. The van der Waals surface area contributed by atoms with Crippen LogP contribution in [0.25, 0.3) is 10.2 Å². The normalized spacial score (nSPS) is 11.6. The molecule has 2 aromatic carbocycles. The summed E-state index contributed by atoms with van der Waals surface area (Å²) in [7, 11) is -0.817. The number of hydrogen-bond acceptors (Lipinski definition) is 6. The second-order valence-electron chi connectivity index (χ2n) is 7.10. The number of fused-ring (bicyclic) bond motifs is 1. The highest BCUT2D eigenvalue weighted by Gasteiger charge is 2.18. The maximum absolute atomic E-state index is 12.3. The van der Waals surface area contributed by atoms with Crippen molar-refractivity contribution in [1.29, 1.82) is 0 Å². The number of hydrazine groups is 1. The molecule has 0 unspecified atom stereocenters. The van der Waals surface area contributed by atoms with Crippen molar-refractivity contribution in [1.82, 2.24) is 20.1 Å². The van der Waals surface area contributed by atoms with Crippen LogP contribution in [0.3, 0.4) is 0 Å². The van der Waals surface area contributed by atoms with E-state index in [-0.39, 0.29) is 22.8 Å². The molecule has 0 aliphatic carbocycles. The maximum atomic E-state index is 12.3. The number of aryl methyl sites for hydroxylation is 1. The molecule has 0 radical (unpaired) electrons. The van der Waals surface area contributed by atoms with E-state index in [1.54, 1.807) is 11.3 Å². The molecule has 3 aromatic rings. The molecule has 3 rings (SSSR count). The molecular weight excluding hydrogens is 436 g/mol. The van der Waals surface area contributed by atoms with Crippen LogP contribution in [0.4, 0.5) is 0 Å². The summed E-state index contributed by atoms with van der Waals surface area (Å²) >= 11 is 1.66. The van der Waals surface area contributed by atoms with Crippen LogP contribution in [0.5, 0.6) is 0 Å². The third kappa shape index (κ3) is 5.87. The van der Waals surface area contributed by atoms with E-state index in [1.807, 2.05) is 24.3 Å². The van der Waals surface area contributed by atoms with Crippen LogP contribution in [-0.4, -0.2) is 43.6 Å². The van der Waals surface area contributed by atoms with Gasteiger partial charge in [-0.05, 0) is 49.6 Å². The molecule has 0 aliphatic rings. The van der Waals surface area contributed by atoms with Crippen molar-refractivity contribution in [2.24, 2.45) is 0 Å². The Labute approximate surface area is 185 Å². The third-order valence-corrected chi connectivity index (χ3v) is 7.48. The maximum Gasteiger partial charge on any atom is 0.269 e. The number of nitrogens with zero attached hydrogens (tertiary/aromatic N) is 2. The fourth-order valence-corrected chi connectivity index (χ4v) is 4.82. The number of sulfonamides is 1. The summed E-state index contributed by atoms with van der Waals surface area (Å²) < 4.78 is 26.6. The van der Waals surface area contributed by atoms with Gasteiger partial charge in [0.2, 0.25) is 15.9 Å². The van der Waals surface area contributed by atoms with Gasteiger partial charge in [-0.1, -0.05) is 18.2 Å². The number of para-hydroxylation sites is 1. The summed E-state index contributed by atoms with van der Waals surface area (Å²) in [5.74, 6) is -0.895. The number of aromatic nitrogens is 1. The first-order valence-electron chi connectivity index (χ1n) is 9.73. The molecule has 10 heteroatoms. The van der Waals surface area contributed by atoms with E-state index < -0.39 is 15.9 Å². The Morgan fingerprint density at radius 3 is 2.55 bits per heavy atom. The third-order valence-electron chi connectivity index (χ3n) is 4.57. The molecule has 0 saturated carbocycles. The van der Waals surface area contributed by atoms with Crippen LogP contribution in [-0.2, 0) is 21.2 Å². The van der Waals surface area contributed by atoms with Gasteiger partial charge in [0.15, 0.2) is 0 Å². The number of unbranched alkanes of at least 4 members (excludes halogenated alkanes) is 1. The van der Waals surface area contributed by atoms with Crippen LogP contribution in [0.15, 0.2) is 53.4 Å². The van der Waals surface area contributed by atoms with Crippen LogP contribution >= 0.6 is 11.3 Å². The van der Waals surface area contributed by atoms with E-state index in [1.165, 1.54) is 38.4 Å². The number of thiazole rings is 1. The highest BCUT2D eigenvalue weighted by atomic mass is 32.2. The minimum absolute atomic E-state index is 0.00586. The van der Waals surface area contributed by atoms with Crippen molar-refractivity contribution in [3.63, 3.8) is 0 Å². The minimum atomic E-state index is -3.65. The van der Waals surface area contributed by atoms with Gasteiger partial charge in [-0.2, -0.15) is 0 Å². The Morgan fingerprint density at radius 2 is 1.81 bits per heavy atom. The largest absolute Gasteiger partial charge is 0.273 e. The molecule has 8 nitrogen and oxygen atoms in total. The molecule has 0 aliphatic heterocycles. The van der Waals surface area contributed by atoms with Crippen LogP contribution < -0.4 is 10.9 Å². The lowest BCUT2D eigenvalue weighted by atomic mass is 10.2. The number of carbonyl (C=O) groups excluding carboxylic acids is 2. The zero-order valence-corrected chi connectivity index (χ0v) is 18.9. The summed E-state index contributed by atoms with van der Waals surface area (Å²) in [5.41, 5.74) is 5.83. The highest BCUT2D eigenvalue weighted by molar-refractivity contribution is 7.89. The Hall–Kier alpha value is -2.82. The number of amides is 2. The first-order chi connectivity index (χ1) is 14.8. The van der Waals surface area contributed by atoms with Gasteiger partial charge >= 0.3 is 0 Å². The summed E-state index contributed by atoms with van der Waals surface area (Å²) in [6.07, 6.45) is 2.53. The molecule has 0 saturated heterocycles. The van der Waals surface area contributed by atoms with Crippen molar-refractivity contribution in [3.05, 3.63) is 59.1 Å². The number of hydrogen-bond donors (Lipinski definition) is 2. The summed E-state index contributed by atoms with van der Waals surface area (Å²) in [6.45, 7) is 0. The van der Waals surface area contributed by atoms with Gasteiger partial charge in [-0.15, -0.1) is 11.3 Å². The van der Waals surface area contributed by atoms with Crippen LogP contribution in [0.2, 0.25) is 0 Å². The Bertz CT molecular complexity index is 1160. The summed E-state index contributed by atoms with van der Waals surface area (Å²) in [5, 5.41) is 1.04. The molecule has 0 atom stereocenters. The lowest BCUT2D eigenvalue weighted by Crippen LogP contribution is -2.41. The van der Waals surface area contributed by atoms with Crippen molar-refractivity contribution >= 4 is 43.4 Å². The standard InChI is InChI=1S/C21H24N4O4S2/c1-25(2)31(28,29)16-9-7-8-15(14-16)21(27)24-23-19(26)12-5-6-13-20-22-17-10-3-4-11-18(17)30-20/h3-4,7-11,14H,5-6,12-13H2,1-2H3,(H,23,26)(H,24,27). The predicted octanol–water partition coefficient (Wildman–Crippen LogP) is 2.72. The molecule has 0 bridgehead atoms. The first kappa shape index (κ1) is 22.9. The molecule has 31 heavy (non-hydrogen) atoms. The van der Waals surface area contributed by atoms with Crippen molar-refractivity contribution in [2.45, 2.75) is 30.6 Å².